The Labute approximate surface area is 96.0 Å². The van der Waals surface area contributed by atoms with Gasteiger partial charge in [-0.1, -0.05) is 0 Å². The van der Waals surface area contributed by atoms with Crippen molar-refractivity contribution in [2.75, 3.05) is 12.9 Å². The van der Waals surface area contributed by atoms with Crippen molar-refractivity contribution in [1.29, 1.82) is 0 Å². The Balaban J connectivity index is 3.00. The second kappa shape index (κ2) is 5.41. The Morgan fingerprint density at radius 2 is 2.06 bits per heavy atom. The predicted molar refractivity (Wildman–Crippen MR) is 58.3 cm³/mol. The zero-order chi connectivity index (χ0) is 12.1. The quantitative estimate of drug-likeness (QED) is 0.762. The van der Waals surface area contributed by atoms with E-state index in [0.717, 1.165) is 11.8 Å². The lowest BCUT2D eigenvalue weighted by atomic mass is 10.2. The van der Waals surface area contributed by atoms with Crippen molar-refractivity contribution in [2.24, 2.45) is 0 Å². The molecule has 0 aliphatic heterocycles. The maximum absolute atomic E-state index is 10.9. The van der Waals surface area contributed by atoms with Crippen LogP contribution in [-0.4, -0.2) is 35.0 Å². The lowest BCUT2D eigenvalue weighted by molar-refractivity contribution is -0.133. The summed E-state index contributed by atoms with van der Waals surface area (Å²) in [5.74, 6) is -1.77. The number of hydrogen-bond acceptors (Lipinski definition) is 4. The van der Waals surface area contributed by atoms with Crippen LogP contribution in [-0.2, 0) is 4.79 Å². The number of carboxylic acid groups (broad SMARTS) is 2. The molecule has 0 heterocycles. The fourth-order valence-corrected chi connectivity index (χ4v) is 1.85. The first-order valence-electron chi connectivity index (χ1n) is 4.30. The van der Waals surface area contributed by atoms with Crippen molar-refractivity contribution in [1.82, 2.24) is 0 Å². The number of benzene rings is 1. The monoisotopic (exact) mass is 242 g/mol. The van der Waals surface area contributed by atoms with Crippen LogP contribution in [0.5, 0.6) is 5.75 Å². The first-order chi connectivity index (χ1) is 7.54. The topological polar surface area (TPSA) is 83.8 Å². The molecule has 0 radical (unpaired) electrons. The van der Waals surface area contributed by atoms with E-state index in [4.69, 9.17) is 14.9 Å². The van der Waals surface area contributed by atoms with Crippen molar-refractivity contribution in [3.8, 4) is 5.75 Å². The van der Waals surface area contributed by atoms with Gasteiger partial charge in [-0.15, -0.1) is 11.8 Å². The summed E-state index contributed by atoms with van der Waals surface area (Å²) >= 11 is 0.953. The van der Waals surface area contributed by atoms with E-state index in [-0.39, 0.29) is 11.3 Å². The van der Waals surface area contributed by atoms with Crippen molar-refractivity contribution in [3.05, 3.63) is 23.8 Å². The van der Waals surface area contributed by atoms with Crippen LogP contribution in [0.3, 0.4) is 0 Å². The molecule has 0 aliphatic rings. The van der Waals surface area contributed by atoms with Gasteiger partial charge in [0.05, 0.1) is 18.4 Å². The van der Waals surface area contributed by atoms with Gasteiger partial charge in [-0.3, -0.25) is 4.79 Å². The summed E-state index contributed by atoms with van der Waals surface area (Å²) in [6.45, 7) is 0. The fraction of sp³-hybridized carbons (Fsp3) is 0.200. The maximum Gasteiger partial charge on any atom is 0.336 e. The first kappa shape index (κ1) is 12.4. The largest absolute Gasteiger partial charge is 0.497 e. The molecule has 16 heavy (non-hydrogen) atoms. The highest BCUT2D eigenvalue weighted by molar-refractivity contribution is 8.00. The van der Waals surface area contributed by atoms with Gasteiger partial charge < -0.3 is 14.9 Å². The molecule has 0 spiro atoms. The zero-order valence-corrected chi connectivity index (χ0v) is 9.28. The molecule has 0 aromatic heterocycles. The third-order valence-corrected chi connectivity index (χ3v) is 2.81. The molecular weight excluding hydrogens is 232 g/mol. The second-order valence-electron chi connectivity index (χ2n) is 2.85. The zero-order valence-electron chi connectivity index (χ0n) is 8.47. The van der Waals surface area contributed by atoms with Crippen LogP contribution in [0.4, 0.5) is 0 Å². The molecule has 5 nitrogen and oxygen atoms in total. The van der Waals surface area contributed by atoms with Crippen molar-refractivity contribution in [2.45, 2.75) is 4.90 Å². The molecule has 0 saturated carbocycles. The molecule has 0 fully saturated rings. The van der Waals surface area contributed by atoms with Gasteiger partial charge in [-0.2, -0.15) is 0 Å². The third kappa shape index (κ3) is 3.16. The molecule has 0 bridgehead atoms. The number of aromatic carboxylic acids is 1. The Morgan fingerprint density at radius 3 is 2.56 bits per heavy atom. The third-order valence-electron chi connectivity index (χ3n) is 1.77. The number of carboxylic acids is 2. The summed E-state index contributed by atoms with van der Waals surface area (Å²) in [6.07, 6.45) is 0. The summed E-state index contributed by atoms with van der Waals surface area (Å²) in [6, 6.07) is 4.43. The summed E-state index contributed by atoms with van der Waals surface area (Å²) in [4.78, 5) is 21.7. The van der Waals surface area contributed by atoms with E-state index in [1.165, 1.54) is 25.3 Å². The van der Waals surface area contributed by atoms with E-state index in [1.54, 1.807) is 0 Å². The van der Waals surface area contributed by atoms with E-state index < -0.39 is 11.9 Å². The molecular formula is C10H10O5S. The van der Waals surface area contributed by atoms with Gasteiger partial charge in [-0.25, -0.2) is 4.79 Å². The number of aliphatic carboxylic acids is 1. The Kier molecular flexibility index (Phi) is 4.19. The van der Waals surface area contributed by atoms with Gasteiger partial charge in [0, 0.05) is 4.90 Å². The van der Waals surface area contributed by atoms with Crippen LogP contribution in [0, 0.1) is 0 Å². The van der Waals surface area contributed by atoms with Crippen molar-refractivity contribution in [3.63, 3.8) is 0 Å². The summed E-state index contributed by atoms with van der Waals surface area (Å²) in [7, 11) is 1.46. The van der Waals surface area contributed by atoms with E-state index in [9.17, 15) is 9.59 Å². The molecule has 1 aromatic rings. The smallest absolute Gasteiger partial charge is 0.336 e. The minimum absolute atomic E-state index is 0.0760. The molecule has 0 unspecified atom stereocenters. The second-order valence-corrected chi connectivity index (χ2v) is 3.87. The van der Waals surface area contributed by atoms with Gasteiger partial charge in [0.1, 0.15) is 5.75 Å². The lowest BCUT2D eigenvalue weighted by Gasteiger charge is -2.06. The highest BCUT2D eigenvalue weighted by atomic mass is 32.2. The van der Waals surface area contributed by atoms with Crippen LogP contribution in [0.25, 0.3) is 0 Å². The van der Waals surface area contributed by atoms with Crippen molar-refractivity contribution >= 4 is 23.7 Å². The van der Waals surface area contributed by atoms with Crippen LogP contribution >= 0.6 is 11.8 Å². The molecule has 2 N–H and O–H groups in total. The predicted octanol–water partition coefficient (Wildman–Crippen LogP) is 1.57. The minimum Gasteiger partial charge on any atom is -0.497 e. The summed E-state index contributed by atoms with van der Waals surface area (Å²) in [5, 5.41) is 17.4. The molecule has 1 aromatic carbocycles. The van der Waals surface area contributed by atoms with Gasteiger partial charge >= 0.3 is 11.9 Å². The van der Waals surface area contributed by atoms with Crippen LogP contribution in [0.1, 0.15) is 10.4 Å². The number of hydrogen-bond donors (Lipinski definition) is 2. The molecule has 0 aliphatic carbocycles. The number of methoxy groups -OCH3 is 1. The highest BCUT2D eigenvalue weighted by Gasteiger charge is 2.12. The first-order valence-corrected chi connectivity index (χ1v) is 5.29. The normalized spacial score (nSPS) is 9.81. The van der Waals surface area contributed by atoms with Crippen LogP contribution < -0.4 is 4.74 Å². The Morgan fingerprint density at radius 1 is 1.38 bits per heavy atom. The van der Waals surface area contributed by atoms with E-state index in [1.807, 2.05) is 0 Å². The summed E-state index contributed by atoms with van der Waals surface area (Å²) < 4.78 is 4.94. The molecule has 1 rings (SSSR count). The van der Waals surface area contributed by atoms with E-state index >= 15 is 0 Å². The summed E-state index contributed by atoms with van der Waals surface area (Å²) in [5.41, 5.74) is 0.0760. The molecule has 0 atom stereocenters. The van der Waals surface area contributed by atoms with Crippen LogP contribution in [0.15, 0.2) is 23.1 Å². The van der Waals surface area contributed by atoms with Crippen LogP contribution in [0.2, 0.25) is 0 Å². The lowest BCUT2D eigenvalue weighted by Crippen LogP contribution is -2.02. The standard InChI is InChI=1S/C10H10O5S/c1-15-6-2-3-7(10(13)14)8(4-6)16-5-9(11)12/h2-4H,5H2,1H3,(H,11,12)(H,13,14). The van der Waals surface area contributed by atoms with E-state index in [2.05, 4.69) is 0 Å². The number of ether oxygens (including phenoxy) is 1. The molecule has 0 saturated heterocycles. The Hall–Kier alpha value is -1.69. The van der Waals surface area contributed by atoms with Gasteiger partial charge in [-0.05, 0) is 18.2 Å². The molecule has 86 valence electrons. The van der Waals surface area contributed by atoms with Gasteiger partial charge in [0.25, 0.3) is 0 Å². The number of rotatable bonds is 5. The minimum atomic E-state index is -1.09. The SMILES string of the molecule is COc1ccc(C(=O)O)c(SCC(=O)O)c1. The van der Waals surface area contributed by atoms with E-state index in [0.29, 0.717) is 10.6 Å². The van der Waals surface area contributed by atoms with Gasteiger partial charge in [0.2, 0.25) is 0 Å². The maximum atomic E-state index is 10.9. The number of carbonyl (C=O) groups is 2. The Bertz CT molecular complexity index is 416. The van der Waals surface area contributed by atoms with Gasteiger partial charge in [0.15, 0.2) is 0 Å². The molecule has 0 amide bonds. The molecule has 6 heteroatoms. The average Bonchev–Trinajstić information content (AvgIpc) is 2.25. The van der Waals surface area contributed by atoms with Crippen molar-refractivity contribution < 1.29 is 24.5 Å². The fourth-order valence-electron chi connectivity index (χ4n) is 1.07. The highest BCUT2D eigenvalue weighted by Crippen LogP contribution is 2.27. The number of thioether (sulfide) groups is 1. The average molecular weight is 242 g/mol.